The molecule has 3 nitrogen and oxygen atoms in total. The maximum atomic E-state index is 13.3. The largest absolute Gasteiger partial charge is 0.292 e. The molecule has 0 saturated heterocycles. The Bertz CT molecular complexity index is 1340. The average Bonchev–Trinajstić information content (AvgIpc) is 3.33. The highest BCUT2D eigenvalue weighted by Crippen LogP contribution is 2.25. The lowest BCUT2D eigenvalue weighted by atomic mass is 10.0. The first-order valence-electron chi connectivity index (χ1n) is 9.97. The Hall–Kier alpha value is -3.50. The Labute approximate surface area is 178 Å². The van der Waals surface area contributed by atoms with E-state index in [-0.39, 0.29) is 5.56 Å². The summed E-state index contributed by atoms with van der Waals surface area (Å²) in [4.78, 5) is 19.4. The molecule has 30 heavy (non-hydrogen) atoms. The maximum Gasteiger partial charge on any atom is 0.261 e. The first-order valence-corrected chi connectivity index (χ1v) is 10.9. The SMILES string of the molecule is O=c1c2ccccc2nc(-c2ccc(-c3ccccc3)cc2)n1CCc1cccs1. The van der Waals surface area contributed by atoms with Gasteiger partial charge in [-0.2, -0.15) is 0 Å². The van der Waals surface area contributed by atoms with Crippen molar-refractivity contribution in [3.05, 3.63) is 112 Å². The molecule has 0 aliphatic carbocycles. The number of nitrogens with zero attached hydrogens (tertiary/aromatic N) is 2. The topological polar surface area (TPSA) is 34.9 Å². The van der Waals surface area contributed by atoms with Crippen LogP contribution in [0.15, 0.2) is 101 Å². The van der Waals surface area contributed by atoms with Crippen LogP contribution >= 0.6 is 11.3 Å². The third-order valence-corrected chi connectivity index (χ3v) is 6.21. The third-order valence-electron chi connectivity index (χ3n) is 5.27. The van der Waals surface area contributed by atoms with Crippen LogP contribution in [0.5, 0.6) is 0 Å². The van der Waals surface area contributed by atoms with Crippen LogP contribution in [0.3, 0.4) is 0 Å². The van der Waals surface area contributed by atoms with Crippen molar-refractivity contribution in [1.29, 1.82) is 0 Å². The van der Waals surface area contributed by atoms with Gasteiger partial charge in [-0.05, 0) is 41.1 Å². The van der Waals surface area contributed by atoms with E-state index < -0.39 is 0 Å². The van der Waals surface area contributed by atoms with Gasteiger partial charge in [-0.1, -0.05) is 72.8 Å². The fourth-order valence-corrected chi connectivity index (χ4v) is 4.41. The molecule has 0 saturated carbocycles. The van der Waals surface area contributed by atoms with Crippen molar-refractivity contribution in [2.24, 2.45) is 0 Å². The number of fused-ring (bicyclic) bond motifs is 1. The normalized spacial score (nSPS) is 11.1. The molecular formula is C26H20N2OS. The molecule has 4 heteroatoms. The predicted molar refractivity (Wildman–Crippen MR) is 125 cm³/mol. The molecule has 3 aromatic carbocycles. The highest BCUT2D eigenvalue weighted by Gasteiger charge is 2.13. The van der Waals surface area contributed by atoms with Crippen LogP contribution in [0.4, 0.5) is 0 Å². The van der Waals surface area contributed by atoms with Crippen LogP contribution in [0, 0.1) is 0 Å². The number of aryl methyl sites for hydroxylation is 1. The quantitative estimate of drug-likeness (QED) is 0.356. The van der Waals surface area contributed by atoms with E-state index in [0.29, 0.717) is 11.9 Å². The van der Waals surface area contributed by atoms with Crippen LogP contribution in [0.25, 0.3) is 33.4 Å². The summed E-state index contributed by atoms with van der Waals surface area (Å²) in [7, 11) is 0. The van der Waals surface area contributed by atoms with Gasteiger partial charge in [0.1, 0.15) is 5.82 Å². The summed E-state index contributed by atoms with van der Waals surface area (Å²) in [5.41, 5.74) is 4.01. The van der Waals surface area contributed by atoms with E-state index in [0.717, 1.165) is 28.9 Å². The molecule has 2 aromatic heterocycles. The fraction of sp³-hybridized carbons (Fsp3) is 0.0769. The zero-order chi connectivity index (χ0) is 20.3. The van der Waals surface area contributed by atoms with Crippen molar-refractivity contribution >= 4 is 22.2 Å². The summed E-state index contributed by atoms with van der Waals surface area (Å²) in [5, 5.41) is 2.73. The third kappa shape index (κ3) is 3.58. The smallest absolute Gasteiger partial charge is 0.261 e. The van der Waals surface area contributed by atoms with Gasteiger partial charge in [0.05, 0.1) is 10.9 Å². The molecule has 0 fully saturated rings. The van der Waals surface area contributed by atoms with Crippen LogP contribution in [-0.4, -0.2) is 9.55 Å². The minimum atomic E-state index is 0.0132. The first-order chi connectivity index (χ1) is 14.8. The highest BCUT2D eigenvalue weighted by atomic mass is 32.1. The first kappa shape index (κ1) is 18.5. The molecule has 0 unspecified atom stereocenters. The zero-order valence-corrected chi connectivity index (χ0v) is 17.2. The molecule has 5 rings (SSSR count). The molecular weight excluding hydrogens is 388 g/mol. The van der Waals surface area contributed by atoms with Gasteiger partial charge in [0, 0.05) is 17.0 Å². The maximum absolute atomic E-state index is 13.3. The van der Waals surface area contributed by atoms with Crippen LogP contribution in [-0.2, 0) is 13.0 Å². The number of hydrogen-bond donors (Lipinski definition) is 0. The standard InChI is InChI=1S/C26H20N2OS/c29-26-23-10-4-5-11-24(23)27-25(28(26)17-16-22-9-6-18-30-22)21-14-12-20(13-15-21)19-7-2-1-3-8-19/h1-15,18H,16-17H2. The highest BCUT2D eigenvalue weighted by molar-refractivity contribution is 7.09. The van der Waals surface area contributed by atoms with Gasteiger partial charge in [-0.3, -0.25) is 9.36 Å². The van der Waals surface area contributed by atoms with E-state index >= 15 is 0 Å². The summed E-state index contributed by atoms with van der Waals surface area (Å²) < 4.78 is 1.82. The number of thiophene rings is 1. The van der Waals surface area contributed by atoms with E-state index in [1.54, 1.807) is 11.3 Å². The number of rotatable bonds is 5. The number of hydrogen-bond acceptors (Lipinski definition) is 3. The van der Waals surface area contributed by atoms with Gasteiger partial charge in [-0.25, -0.2) is 4.98 Å². The van der Waals surface area contributed by atoms with Crippen LogP contribution in [0.2, 0.25) is 0 Å². The molecule has 2 heterocycles. The van der Waals surface area contributed by atoms with Crippen LogP contribution in [0.1, 0.15) is 4.88 Å². The molecule has 0 N–H and O–H groups in total. The Balaban J connectivity index is 1.60. The zero-order valence-electron chi connectivity index (χ0n) is 16.4. The molecule has 0 amide bonds. The lowest BCUT2D eigenvalue weighted by Crippen LogP contribution is -2.24. The lowest BCUT2D eigenvalue weighted by Gasteiger charge is -2.14. The van der Waals surface area contributed by atoms with Crippen LogP contribution < -0.4 is 5.56 Å². The van der Waals surface area contributed by atoms with Crippen molar-refractivity contribution in [3.8, 4) is 22.5 Å². The summed E-state index contributed by atoms with van der Waals surface area (Å²) in [6, 6.07) is 30.3. The van der Waals surface area contributed by atoms with Gasteiger partial charge in [-0.15, -0.1) is 11.3 Å². The van der Waals surface area contributed by atoms with E-state index in [1.807, 2.05) is 53.1 Å². The summed E-state index contributed by atoms with van der Waals surface area (Å²) >= 11 is 1.72. The molecule has 0 aliphatic rings. The van der Waals surface area contributed by atoms with E-state index in [4.69, 9.17) is 4.98 Å². The summed E-state index contributed by atoms with van der Waals surface area (Å²) in [5.74, 6) is 0.717. The average molecular weight is 409 g/mol. The lowest BCUT2D eigenvalue weighted by molar-refractivity contribution is 0.676. The van der Waals surface area contributed by atoms with E-state index in [9.17, 15) is 4.79 Å². The molecule has 146 valence electrons. The molecule has 0 bridgehead atoms. The Morgan fingerprint density at radius 3 is 2.20 bits per heavy atom. The van der Waals surface area contributed by atoms with E-state index in [1.165, 1.54) is 10.4 Å². The van der Waals surface area contributed by atoms with Gasteiger partial charge in [0.25, 0.3) is 5.56 Å². The minimum absolute atomic E-state index is 0.0132. The number of benzene rings is 3. The van der Waals surface area contributed by atoms with Crippen molar-refractivity contribution in [1.82, 2.24) is 9.55 Å². The summed E-state index contributed by atoms with van der Waals surface area (Å²) in [6.45, 7) is 0.604. The minimum Gasteiger partial charge on any atom is -0.292 e. The van der Waals surface area contributed by atoms with Crippen molar-refractivity contribution in [2.75, 3.05) is 0 Å². The van der Waals surface area contributed by atoms with Gasteiger partial charge >= 0.3 is 0 Å². The second-order valence-corrected chi connectivity index (χ2v) is 8.21. The molecule has 0 radical (unpaired) electrons. The predicted octanol–water partition coefficient (Wildman–Crippen LogP) is 6.03. The molecule has 0 atom stereocenters. The summed E-state index contributed by atoms with van der Waals surface area (Å²) in [6.07, 6.45) is 0.812. The Kier molecular flexibility index (Phi) is 4.99. The van der Waals surface area contributed by atoms with Gasteiger partial charge in [0.15, 0.2) is 0 Å². The van der Waals surface area contributed by atoms with E-state index in [2.05, 4.69) is 47.8 Å². The Morgan fingerprint density at radius 2 is 1.43 bits per heavy atom. The van der Waals surface area contributed by atoms with Gasteiger partial charge in [0.2, 0.25) is 0 Å². The molecule has 0 aliphatic heterocycles. The van der Waals surface area contributed by atoms with Crippen molar-refractivity contribution in [2.45, 2.75) is 13.0 Å². The molecule has 0 spiro atoms. The van der Waals surface area contributed by atoms with Crippen molar-refractivity contribution < 1.29 is 0 Å². The number of para-hydroxylation sites is 1. The monoisotopic (exact) mass is 408 g/mol. The van der Waals surface area contributed by atoms with Gasteiger partial charge < -0.3 is 0 Å². The second kappa shape index (κ2) is 8.09. The Morgan fingerprint density at radius 1 is 0.733 bits per heavy atom. The second-order valence-electron chi connectivity index (χ2n) is 7.18. The number of aromatic nitrogens is 2. The van der Waals surface area contributed by atoms with Crippen molar-refractivity contribution in [3.63, 3.8) is 0 Å². The molecule has 5 aromatic rings. The fourth-order valence-electron chi connectivity index (χ4n) is 3.72.